The first-order valence-electron chi connectivity index (χ1n) is 12.4. The van der Waals surface area contributed by atoms with E-state index in [1.807, 2.05) is 50.4 Å². The number of benzene rings is 1. The molecule has 0 bridgehead atoms. The number of allylic oxidation sites excluding steroid dienone is 4. The van der Waals surface area contributed by atoms with Crippen LogP contribution in [-0.4, -0.2) is 51.8 Å². The van der Waals surface area contributed by atoms with Crippen LogP contribution in [0.25, 0.3) is 21.8 Å². The number of aromatic nitrogens is 2. The fraction of sp³-hybridized carbons (Fsp3) is 0.357. The van der Waals surface area contributed by atoms with E-state index in [1.165, 1.54) is 0 Å². The topological polar surface area (TPSA) is 128 Å². The van der Waals surface area contributed by atoms with Crippen molar-refractivity contribution >= 4 is 35.2 Å². The number of ether oxygens (including phenoxy) is 2. The highest BCUT2D eigenvalue weighted by Crippen LogP contribution is 2.54. The number of hydrogen-bond acceptors (Lipinski definition) is 6. The monoisotopic (exact) mass is 561 g/mol. The van der Waals surface area contributed by atoms with Crippen molar-refractivity contribution in [1.82, 2.24) is 9.97 Å². The fourth-order valence-corrected chi connectivity index (χ4v) is 4.37. The zero-order valence-corrected chi connectivity index (χ0v) is 23.0. The summed E-state index contributed by atoms with van der Waals surface area (Å²) in [4.78, 5) is 26.3. The molecule has 0 aliphatic rings. The highest BCUT2D eigenvalue weighted by Gasteiger charge is 2.47. The molecule has 11 heteroatoms. The maximum atomic E-state index is 13.2. The summed E-state index contributed by atoms with van der Waals surface area (Å²) < 4.78 is 47.6. The fourth-order valence-electron chi connectivity index (χ4n) is 3.99. The van der Waals surface area contributed by atoms with Gasteiger partial charge in [-0.05, 0) is 61.1 Å². The first kappa shape index (κ1) is 30.5. The quantitative estimate of drug-likeness (QED) is 0.0967. The molecule has 0 fully saturated rings. The van der Waals surface area contributed by atoms with E-state index in [9.17, 15) is 13.3 Å². The summed E-state index contributed by atoms with van der Waals surface area (Å²) >= 11 is 0. The lowest BCUT2D eigenvalue weighted by molar-refractivity contribution is 0.00150. The summed E-state index contributed by atoms with van der Waals surface area (Å²) in [6.45, 7) is 7.79. The molecule has 0 saturated heterocycles. The van der Waals surface area contributed by atoms with Crippen LogP contribution in [0.3, 0.4) is 0 Å². The summed E-state index contributed by atoms with van der Waals surface area (Å²) in [5.41, 5.74) is 7.87. The van der Waals surface area contributed by atoms with Gasteiger partial charge in [-0.1, -0.05) is 36.9 Å². The number of nitrogens with two attached hydrogens (primary N) is 1. The molecule has 4 N–H and O–H groups in total. The number of halogens is 2. The lowest BCUT2D eigenvalue weighted by Crippen LogP contribution is -2.19. The lowest BCUT2D eigenvalue weighted by Gasteiger charge is -2.17. The van der Waals surface area contributed by atoms with E-state index in [0.29, 0.717) is 11.3 Å². The normalized spacial score (nSPS) is 13.4. The number of nitrogens with zero attached hydrogens (tertiary/aromatic N) is 2. The molecule has 0 aliphatic heterocycles. The first-order chi connectivity index (χ1) is 18.4. The molecule has 0 saturated carbocycles. The molecule has 0 spiro atoms. The Balaban J connectivity index is 1.54. The van der Waals surface area contributed by atoms with Crippen molar-refractivity contribution in [3.63, 3.8) is 0 Å². The van der Waals surface area contributed by atoms with Gasteiger partial charge in [-0.15, -0.1) is 0 Å². The van der Waals surface area contributed by atoms with Crippen LogP contribution in [0.2, 0.25) is 0 Å². The zero-order valence-electron chi connectivity index (χ0n) is 22.1. The average Bonchev–Trinajstić information content (AvgIpc) is 2.87. The van der Waals surface area contributed by atoms with Crippen molar-refractivity contribution in [2.45, 2.75) is 38.8 Å². The van der Waals surface area contributed by atoms with E-state index in [1.54, 1.807) is 6.08 Å². The number of rotatable bonds is 14. The minimum atomic E-state index is -5.49. The maximum Gasteiger partial charge on any atom is 0.394 e. The molecule has 3 rings (SSSR count). The minimum absolute atomic E-state index is 0.0305. The molecular formula is C28H34F2N3O5P. The molecule has 3 aromatic rings. The van der Waals surface area contributed by atoms with E-state index in [-0.39, 0.29) is 19.8 Å². The Morgan fingerprint density at radius 3 is 2.64 bits per heavy atom. The molecule has 2 heterocycles. The van der Waals surface area contributed by atoms with Crippen LogP contribution in [-0.2, 0) is 20.5 Å². The average molecular weight is 562 g/mol. The minimum Gasteiger partial charge on any atom is -0.382 e. The molecule has 1 aromatic carbocycles. The van der Waals surface area contributed by atoms with Gasteiger partial charge in [0, 0.05) is 23.4 Å². The Morgan fingerprint density at radius 1 is 1.18 bits per heavy atom. The second-order valence-corrected chi connectivity index (χ2v) is 11.0. The molecule has 0 aliphatic carbocycles. The number of hydrogen-bond donors (Lipinski definition) is 3. The zero-order chi connectivity index (χ0) is 28.6. The van der Waals surface area contributed by atoms with Gasteiger partial charge >= 0.3 is 13.3 Å². The standard InChI is InChI=1S/C28H34F2N3O5P/c1-4-5-22(20(3)10-12-37-14-15-38-13-11-28(29,30)39(34,35)36)8-7-21-17-24-23-9-6-19(2)16-25(23)33-27(31)26(24)32-18-21/h4-6,9-10,16-18H,1,7-8,11-15H2,2-3H3,(H2,31,33)(H2,34,35,36)/b20-10-,22-5-. The number of alkyl halides is 2. The molecular weight excluding hydrogens is 527 g/mol. The van der Waals surface area contributed by atoms with E-state index in [0.717, 1.165) is 51.4 Å². The second-order valence-electron chi connectivity index (χ2n) is 9.22. The van der Waals surface area contributed by atoms with Gasteiger partial charge in [0.25, 0.3) is 0 Å². The van der Waals surface area contributed by atoms with Crippen molar-refractivity contribution in [1.29, 1.82) is 0 Å². The predicted molar refractivity (Wildman–Crippen MR) is 150 cm³/mol. The summed E-state index contributed by atoms with van der Waals surface area (Å²) in [6, 6.07) is 8.21. The van der Waals surface area contributed by atoms with Crippen molar-refractivity contribution < 1.29 is 32.6 Å². The summed E-state index contributed by atoms with van der Waals surface area (Å²) in [5.74, 6) is 0.408. The van der Waals surface area contributed by atoms with Crippen LogP contribution < -0.4 is 5.73 Å². The third kappa shape index (κ3) is 8.24. The Kier molecular flexibility index (Phi) is 10.5. The third-order valence-corrected chi connectivity index (χ3v) is 7.31. The van der Waals surface area contributed by atoms with E-state index in [4.69, 9.17) is 25.0 Å². The van der Waals surface area contributed by atoms with E-state index >= 15 is 0 Å². The van der Waals surface area contributed by atoms with Gasteiger partial charge in [-0.2, -0.15) is 8.78 Å². The van der Waals surface area contributed by atoms with Crippen LogP contribution in [0.15, 0.2) is 66.4 Å². The van der Waals surface area contributed by atoms with Crippen LogP contribution in [0.1, 0.15) is 30.9 Å². The number of nitrogen functional groups attached to an aromatic ring is 1. The van der Waals surface area contributed by atoms with Gasteiger partial charge in [-0.3, -0.25) is 9.55 Å². The van der Waals surface area contributed by atoms with Gasteiger partial charge in [0.2, 0.25) is 0 Å². The molecule has 210 valence electrons. The van der Waals surface area contributed by atoms with E-state index in [2.05, 4.69) is 22.6 Å². The van der Waals surface area contributed by atoms with Gasteiger partial charge in [0.05, 0.1) is 31.9 Å². The number of anilines is 1. The SMILES string of the molecule is C=C/C=C(CCc1cnc2c(N)nc3cc(C)ccc3c2c1)\C(C)=C/COCCOCCC(F)(F)P(=O)(O)O. The van der Waals surface area contributed by atoms with Crippen molar-refractivity contribution in [2.24, 2.45) is 0 Å². The third-order valence-electron chi connectivity index (χ3n) is 6.23. The molecule has 39 heavy (non-hydrogen) atoms. The molecule has 2 aromatic heterocycles. The molecule has 0 radical (unpaired) electrons. The van der Waals surface area contributed by atoms with Gasteiger partial charge < -0.3 is 25.0 Å². The van der Waals surface area contributed by atoms with Crippen LogP contribution in [0, 0.1) is 6.92 Å². The molecule has 8 nitrogen and oxygen atoms in total. The summed E-state index contributed by atoms with van der Waals surface area (Å²) in [6.07, 6.45) is 7.86. The Hall–Kier alpha value is -3.01. The lowest BCUT2D eigenvalue weighted by atomic mass is 9.98. The van der Waals surface area contributed by atoms with Crippen molar-refractivity contribution in [2.75, 3.05) is 32.2 Å². The van der Waals surface area contributed by atoms with Gasteiger partial charge in [0.15, 0.2) is 5.82 Å². The van der Waals surface area contributed by atoms with Crippen LogP contribution in [0.4, 0.5) is 14.6 Å². The number of aryl methyl sites for hydroxylation is 2. The highest BCUT2D eigenvalue weighted by molar-refractivity contribution is 7.53. The van der Waals surface area contributed by atoms with Crippen LogP contribution in [0.5, 0.6) is 0 Å². The van der Waals surface area contributed by atoms with Crippen molar-refractivity contribution in [3.8, 4) is 0 Å². The molecule has 0 amide bonds. The predicted octanol–water partition coefficient (Wildman–Crippen LogP) is 5.86. The van der Waals surface area contributed by atoms with Gasteiger partial charge in [0.1, 0.15) is 5.52 Å². The Bertz CT molecular complexity index is 1440. The Labute approximate surface area is 226 Å². The van der Waals surface area contributed by atoms with E-state index < -0.39 is 26.3 Å². The molecule has 0 unspecified atom stereocenters. The number of pyridine rings is 2. The largest absolute Gasteiger partial charge is 0.394 e. The first-order valence-corrected chi connectivity index (χ1v) is 14.1. The number of fused-ring (bicyclic) bond motifs is 3. The smallest absolute Gasteiger partial charge is 0.382 e. The summed E-state index contributed by atoms with van der Waals surface area (Å²) in [7, 11) is -5.49. The maximum absolute atomic E-state index is 13.2. The Morgan fingerprint density at radius 2 is 1.92 bits per heavy atom. The van der Waals surface area contributed by atoms with Gasteiger partial charge in [-0.25, -0.2) is 4.98 Å². The highest BCUT2D eigenvalue weighted by atomic mass is 31.2. The second kappa shape index (κ2) is 13.4. The van der Waals surface area contributed by atoms with Crippen LogP contribution >= 0.6 is 7.60 Å². The summed E-state index contributed by atoms with van der Waals surface area (Å²) in [5, 5.41) is 1.98. The van der Waals surface area contributed by atoms with Crippen molar-refractivity contribution in [3.05, 3.63) is 77.5 Å². The molecule has 0 atom stereocenters.